The number of amides is 4. The number of thioether (sulfide) groups is 1. The summed E-state index contributed by atoms with van der Waals surface area (Å²) >= 11 is 1.37. The van der Waals surface area contributed by atoms with Crippen molar-refractivity contribution in [3.8, 4) is 0 Å². The molecule has 0 saturated heterocycles. The van der Waals surface area contributed by atoms with Crippen LogP contribution in [0.15, 0.2) is 30.3 Å². The monoisotopic (exact) mass is 525 g/mol. The van der Waals surface area contributed by atoms with E-state index in [0.717, 1.165) is 0 Å². The molecular weight excluding hydrogens is 494 g/mol. The summed E-state index contributed by atoms with van der Waals surface area (Å²) < 4.78 is 0. The second-order valence-corrected chi connectivity index (χ2v) is 8.85. The van der Waals surface area contributed by atoms with Crippen LogP contribution in [0.25, 0.3) is 0 Å². The summed E-state index contributed by atoms with van der Waals surface area (Å²) in [5.41, 5.74) is 11.4. The highest BCUT2D eigenvalue weighted by atomic mass is 32.2. The Balaban J connectivity index is 3.09. The molecule has 0 aliphatic rings. The van der Waals surface area contributed by atoms with E-state index in [1.807, 2.05) is 0 Å². The van der Waals surface area contributed by atoms with E-state index in [0.29, 0.717) is 11.3 Å². The van der Waals surface area contributed by atoms with E-state index in [1.54, 1.807) is 36.6 Å². The Labute approximate surface area is 211 Å². The minimum absolute atomic E-state index is 0.0232. The van der Waals surface area contributed by atoms with Gasteiger partial charge in [-0.15, -0.1) is 0 Å². The van der Waals surface area contributed by atoms with Crippen LogP contribution in [0.3, 0.4) is 0 Å². The summed E-state index contributed by atoms with van der Waals surface area (Å²) in [6, 6.07) is 3.26. The third kappa shape index (κ3) is 11.2. The fourth-order valence-corrected chi connectivity index (χ4v) is 3.54. The molecule has 36 heavy (non-hydrogen) atoms. The topological polar surface area (TPSA) is 231 Å². The van der Waals surface area contributed by atoms with Crippen molar-refractivity contribution in [3.63, 3.8) is 0 Å². The number of carboxylic acid groups (broad SMARTS) is 2. The molecule has 4 amide bonds. The van der Waals surface area contributed by atoms with Gasteiger partial charge in [0.15, 0.2) is 0 Å². The number of nitrogens with two attached hydrogens (primary N) is 2. The van der Waals surface area contributed by atoms with Gasteiger partial charge < -0.3 is 37.6 Å². The maximum Gasteiger partial charge on any atom is 0.326 e. The summed E-state index contributed by atoms with van der Waals surface area (Å²) in [5.74, 6) is -5.81. The van der Waals surface area contributed by atoms with Crippen LogP contribution in [0, 0.1) is 0 Å². The van der Waals surface area contributed by atoms with Gasteiger partial charge in [0.1, 0.15) is 18.1 Å². The number of nitrogens with one attached hydrogen (secondary N) is 3. The Hall–Kier alpha value is -3.65. The Bertz CT molecular complexity index is 946. The average molecular weight is 526 g/mol. The Morgan fingerprint density at radius 3 is 1.94 bits per heavy atom. The van der Waals surface area contributed by atoms with Crippen LogP contribution in [0.1, 0.15) is 24.8 Å². The highest BCUT2D eigenvalue weighted by Gasteiger charge is 2.31. The van der Waals surface area contributed by atoms with Crippen molar-refractivity contribution in [1.82, 2.24) is 16.0 Å². The number of carboxylic acids is 2. The fourth-order valence-electron chi connectivity index (χ4n) is 3.07. The van der Waals surface area contributed by atoms with Crippen molar-refractivity contribution >= 4 is 47.3 Å². The summed E-state index contributed by atoms with van der Waals surface area (Å²) in [4.78, 5) is 71.8. The molecule has 0 heterocycles. The van der Waals surface area contributed by atoms with Crippen molar-refractivity contribution in [2.45, 2.75) is 49.9 Å². The van der Waals surface area contributed by atoms with Gasteiger partial charge in [-0.3, -0.25) is 24.0 Å². The Morgan fingerprint density at radius 2 is 1.42 bits per heavy atom. The average Bonchev–Trinajstić information content (AvgIpc) is 2.80. The van der Waals surface area contributed by atoms with Crippen molar-refractivity contribution in [3.05, 3.63) is 35.9 Å². The van der Waals surface area contributed by atoms with Gasteiger partial charge >= 0.3 is 11.9 Å². The molecule has 9 N–H and O–H groups in total. The SMILES string of the molecule is CSCCC(NC(=O)C(Cc1ccccc1)NC(=O)C(N)CC(N)=O)C(=O)NC(CC(=O)O)C(=O)O. The largest absolute Gasteiger partial charge is 0.481 e. The molecule has 198 valence electrons. The second-order valence-electron chi connectivity index (χ2n) is 7.87. The quantitative estimate of drug-likeness (QED) is 0.128. The van der Waals surface area contributed by atoms with E-state index >= 15 is 0 Å². The zero-order valence-corrected chi connectivity index (χ0v) is 20.5. The number of carbonyl (C=O) groups is 6. The lowest BCUT2D eigenvalue weighted by molar-refractivity contribution is -0.147. The smallest absolute Gasteiger partial charge is 0.326 e. The number of hydrogen-bond acceptors (Lipinski definition) is 8. The van der Waals surface area contributed by atoms with E-state index in [4.69, 9.17) is 16.6 Å². The molecule has 1 rings (SSSR count). The predicted octanol–water partition coefficient (Wildman–Crippen LogP) is -1.80. The first-order valence-electron chi connectivity index (χ1n) is 10.9. The standard InChI is InChI=1S/C22H31N5O8S/c1-36-8-7-14(20(32)27-16(22(34)35)11-18(29)30)25-21(33)15(9-12-5-3-2-4-6-12)26-19(31)13(23)10-17(24)28/h2-6,13-16H,7-11,23H2,1H3,(H2,24,28)(H,25,33)(H,26,31)(H,27,32)(H,29,30)(H,34,35). The van der Waals surface area contributed by atoms with Crippen LogP contribution in [-0.2, 0) is 35.2 Å². The maximum absolute atomic E-state index is 13.1. The first kappa shape index (κ1) is 30.4. The van der Waals surface area contributed by atoms with E-state index in [9.17, 15) is 33.9 Å². The van der Waals surface area contributed by atoms with Gasteiger partial charge in [-0.05, 0) is 24.0 Å². The van der Waals surface area contributed by atoms with Crippen LogP contribution in [-0.4, -0.2) is 82.0 Å². The third-order valence-corrected chi connectivity index (χ3v) is 5.55. The Kier molecular flexibility index (Phi) is 13.0. The van der Waals surface area contributed by atoms with Gasteiger partial charge in [-0.2, -0.15) is 11.8 Å². The van der Waals surface area contributed by atoms with Gasteiger partial charge in [-0.25, -0.2) is 4.79 Å². The minimum Gasteiger partial charge on any atom is -0.481 e. The lowest BCUT2D eigenvalue weighted by atomic mass is 10.0. The molecule has 1 aromatic rings. The molecular formula is C22H31N5O8S. The molecule has 1 aromatic carbocycles. The number of primary amides is 1. The maximum atomic E-state index is 13.1. The summed E-state index contributed by atoms with van der Waals surface area (Å²) in [7, 11) is 0. The van der Waals surface area contributed by atoms with Crippen molar-refractivity contribution in [2.24, 2.45) is 11.5 Å². The normalized spacial score (nSPS) is 13.9. The molecule has 0 aromatic heterocycles. The summed E-state index contributed by atoms with van der Waals surface area (Å²) in [6.45, 7) is 0. The molecule has 0 saturated carbocycles. The Morgan fingerprint density at radius 1 is 0.861 bits per heavy atom. The highest BCUT2D eigenvalue weighted by Crippen LogP contribution is 2.07. The molecule has 0 aliphatic carbocycles. The van der Waals surface area contributed by atoms with Crippen LogP contribution in [0.2, 0.25) is 0 Å². The van der Waals surface area contributed by atoms with Crippen molar-refractivity contribution < 1.29 is 39.0 Å². The highest BCUT2D eigenvalue weighted by molar-refractivity contribution is 7.98. The lowest BCUT2D eigenvalue weighted by Gasteiger charge is -2.25. The zero-order chi connectivity index (χ0) is 27.3. The zero-order valence-electron chi connectivity index (χ0n) is 19.6. The first-order valence-corrected chi connectivity index (χ1v) is 12.3. The third-order valence-electron chi connectivity index (χ3n) is 4.91. The molecule has 0 bridgehead atoms. The van der Waals surface area contributed by atoms with Gasteiger partial charge in [0, 0.05) is 6.42 Å². The van der Waals surface area contributed by atoms with Crippen LogP contribution in [0.4, 0.5) is 0 Å². The van der Waals surface area contributed by atoms with Gasteiger partial charge in [0.2, 0.25) is 23.6 Å². The molecule has 13 nitrogen and oxygen atoms in total. The van der Waals surface area contributed by atoms with Crippen LogP contribution < -0.4 is 27.4 Å². The fraction of sp³-hybridized carbons (Fsp3) is 0.455. The number of rotatable bonds is 16. The van der Waals surface area contributed by atoms with Gasteiger partial charge in [0.25, 0.3) is 0 Å². The van der Waals surface area contributed by atoms with Gasteiger partial charge in [-0.1, -0.05) is 30.3 Å². The molecule has 4 unspecified atom stereocenters. The minimum atomic E-state index is -1.70. The number of benzene rings is 1. The van der Waals surface area contributed by atoms with E-state index in [-0.39, 0.29) is 12.8 Å². The summed E-state index contributed by atoms with van der Waals surface area (Å²) in [5, 5.41) is 25.2. The van der Waals surface area contributed by atoms with E-state index in [2.05, 4.69) is 16.0 Å². The molecule has 0 radical (unpaired) electrons. The predicted molar refractivity (Wildman–Crippen MR) is 131 cm³/mol. The molecule has 0 fully saturated rings. The first-order chi connectivity index (χ1) is 16.9. The molecule has 14 heteroatoms. The molecule has 0 aliphatic heterocycles. The van der Waals surface area contributed by atoms with Gasteiger partial charge in [0.05, 0.1) is 18.9 Å². The van der Waals surface area contributed by atoms with Crippen LogP contribution in [0.5, 0.6) is 0 Å². The molecule has 0 spiro atoms. The van der Waals surface area contributed by atoms with Crippen molar-refractivity contribution in [1.29, 1.82) is 0 Å². The molecule has 4 atom stereocenters. The lowest BCUT2D eigenvalue weighted by Crippen LogP contribution is -2.58. The summed E-state index contributed by atoms with van der Waals surface area (Å²) in [6.07, 6.45) is 0.597. The second kappa shape index (κ2) is 15.4. The van der Waals surface area contributed by atoms with Crippen molar-refractivity contribution in [2.75, 3.05) is 12.0 Å². The van der Waals surface area contributed by atoms with E-state index in [1.165, 1.54) is 11.8 Å². The number of hydrogen-bond donors (Lipinski definition) is 7. The van der Waals surface area contributed by atoms with Crippen LogP contribution >= 0.6 is 11.8 Å². The number of aliphatic carboxylic acids is 2. The van der Waals surface area contributed by atoms with E-state index < -0.39 is 72.6 Å². The number of carbonyl (C=O) groups excluding carboxylic acids is 4.